The van der Waals surface area contributed by atoms with Crippen molar-refractivity contribution in [1.82, 2.24) is 4.31 Å². The summed E-state index contributed by atoms with van der Waals surface area (Å²) in [7, 11) is -3.68. The first-order chi connectivity index (χ1) is 13.3. The highest BCUT2D eigenvalue weighted by Crippen LogP contribution is 2.33. The summed E-state index contributed by atoms with van der Waals surface area (Å²) in [6.07, 6.45) is 0. The van der Waals surface area contributed by atoms with Crippen molar-refractivity contribution in [2.45, 2.75) is 32.6 Å². The van der Waals surface area contributed by atoms with E-state index in [1.165, 1.54) is 27.2 Å². The second-order valence-corrected chi connectivity index (χ2v) is 9.43. The molecule has 28 heavy (non-hydrogen) atoms. The number of halogens is 1. The Morgan fingerprint density at radius 3 is 2.18 bits per heavy atom. The summed E-state index contributed by atoms with van der Waals surface area (Å²) in [5, 5.41) is 0.427. The second kappa shape index (κ2) is 8.31. The molecule has 0 saturated carbocycles. The van der Waals surface area contributed by atoms with Gasteiger partial charge in [-0.1, -0.05) is 29.8 Å². The van der Waals surface area contributed by atoms with Gasteiger partial charge in [0.1, 0.15) is 10.6 Å². The van der Waals surface area contributed by atoms with E-state index in [4.69, 9.17) is 16.3 Å². The Hall–Kier alpha value is -1.76. The molecule has 0 N–H and O–H groups in total. The van der Waals surface area contributed by atoms with Crippen molar-refractivity contribution < 1.29 is 13.2 Å². The lowest BCUT2D eigenvalue weighted by Crippen LogP contribution is -2.49. The first-order valence-electron chi connectivity index (χ1n) is 9.50. The number of anilines is 1. The van der Waals surface area contributed by atoms with Crippen LogP contribution in [0.1, 0.15) is 23.6 Å². The van der Waals surface area contributed by atoms with Gasteiger partial charge < -0.3 is 9.64 Å². The molecule has 2 aromatic carbocycles. The quantitative estimate of drug-likeness (QED) is 0.725. The summed E-state index contributed by atoms with van der Waals surface area (Å²) in [5.41, 5.74) is 4.41. The van der Waals surface area contributed by atoms with Crippen molar-refractivity contribution in [3.8, 4) is 5.75 Å². The lowest BCUT2D eigenvalue weighted by atomic mass is 10.1. The summed E-state index contributed by atoms with van der Waals surface area (Å²) in [6.45, 7) is 10.4. The Morgan fingerprint density at radius 2 is 1.61 bits per heavy atom. The molecule has 0 aromatic heterocycles. The van der Waals surface area contributed by atoms with E-state index in [2.05, 4.69) is 30.9 Å². The highest BCUT2D eigenvalue weighted by atomic mass is 35.5. The number of rotatable bonds is 5. The molecular weight excluding hydrogens is 396 g/mol. The molecule has 1 aliphatic heterocycles. The molecule has 0 unspecified atom stereocenters. The maximum Gasteiger partial charge on any atom is 0.246 e. The standard InChI is InChI=1S/C21H27ClN2O3S/c1-5-27-19-13-17(4)18(22)14-20(19)28(25,26)24-11-9-23(10-12-24)21-15(2)7-6-8-16(21)3/h6-8,13-14H,5,9-12H2,1-4H3. The van der Waals surface area contributed by atoms with E-state index in [0.717, 1.165) is 5.56 Å². The van der Waals surface area contributed by atoms with Gasteiger partial charge in [0.15, 0.2) is 0 Å². The fourth-order valence-electron chi connectivity index (χ4n) is 3.70. The van der Waals surface area contributed by atoms with Gasteiger partial charge >= 0.3 is 0 Å². The zero-order valence-corrected chi connectivity index (χ0v) is 18.4. The zero-order valence-electron chi connectivity index (χ0n) is 16.8. The van der Waals surface area contributed by atoms with Crippen LogP contribution in [0.3, 0.4) is 0 Å². The molecule has 0 radical (unpaired) electrons. The number of hydrogen-bond acceptors (Lipinski definition) is 4. The van der Waals surface area contributed by atoms with Crippen LogP contribution >= 0.6 is 11.6 Å². The van der Waals surface area contributed by atoms with Gasteiger partial charge in [0, 0.05) is 36.9 Å². The number of nitrogens with zero attached hydrogens (tertiary/aromatic N) is 2. The van der Waals surface area contributed by atoms with Crippen LogP contribution in [0.2, 0.25) is 5.02 Å². The van der Waals surface area contributed by atoms with E-state index in [1.54, 1.807) is 6.07 Å². The van der Waals surface area contributed by atoms with Gasteiger partial charge in [0.25, 0.3) is 0 Å². The second-order valence-electron chi connectivity index (χ2n) is 7.11. The Kier molecular flexibility index (Phi) is 6.22. The Balaban J connectivity index is 1.85. The summed E-state index contributed by atoms with van der Waals surface area (Å²) < 4.78 is 33.7. The third kappa shape index (κ3) is 4.00. The molecule has 0 aliphatic carbocycles. The van der Waals surface area contributed by atoms with Crippen molar-refractivity contribution >= 4 is 27.3 Å². The lowest BCUT2D eigenvalue weighted by Gasteiger charge is -2.37. The third-order valence-electron chi connectivity index (χ3n) is 5.14. The highest BCUT2D eigenvalue weighted by Gasteiger charge is 2.32. The van der Waals surface area contributed by atoms with Gasteiger partial charge in [-0.25, -0.2) is 8.42 Å². The van der Waals surface area contributed by atoms with Crippen LogP contribution < -0.4 is 9.64 Å². The van der Waals surface area contributed by atoms with Gasteiger partial charge in [-0.15, -0.1) is 0 Å². The number of ether oxygens (including phenoxy) is 1. The average Bonchev–Trinajstić information content (AvgIpc) is 2.65. The Labute approximate surface area is 172 Å². The Morgan fingerprint density at radius 1 is 1.00 bits per heavy atom. The molecule has 1 saturated heterocycles. The first kappa shape index (κ1) is 21.0. The molecule has 0 atom stereocenters. The first-order valence-corrected chi connectivity index (χ1v) is 11.3. The van der Waals surface area contributed by atoms with Crippen molar-refractivity contribution in [1.29, 1.82) is 0 Å². The molecule has 5 nitrogen and oxygen atoms in total. The number of hydrogen-bond donors (Lipinski definition) is 0. The molecular formula is C21H27ClN2O3S. The number of sulfonamides is 1. The number of benzene rings is 2. The lowest BCUT2D eigenvalue weighted by molar-refractivity contribution is 0.327. The van der Waals surface area contributed by atoms with Crippen molar-refractivity contribution in [2.75, 3.05) is 37.7 Å². The van der Waals surface area contributed by atoms with Crippen LogP contribution in [0.5, 0.6) is 5.75 Å². The summed E-state index contributed by atoms with van der Waals surface area (Å²) in [4.78, 5) is 2.41. The van der Waals surface area contributed by atoms with Gasteiger partial charge in [-0.05, 0) is 56.5 Å². The topological polar surface area (TPSA) is 49.9 Å². The fourth-order valence-corrected chi connectivity index (χ4v) is 5.49. The minimum absolute atomic E-state index is 0.144. The maximum absolute atomic E-state index is 13.3. The SMILES string of the molecule is CCOc1cc(C)c(Cl)cc1S(=O)(=O)N1CCN(c2c(C)cccc2C)CC1. The smallest absolute Gasteiger partial charge is 0.246 e. The van der Waals surface area contributed by atoms with Crippen molar-refractivity contribution in [3.05, 3.63) is 52.0 Å². The summed E-state index contributed by atoms with van der Waals surface area (Å²) in [6, 6.07) is 9.44. The molecule has 1 aliphatic rings. The molecule has 3 rings (SSSR count). The third-order valence-corrected chi connectivity index (χ3v) is 7.46. The van der Waals surface area contributed by atoms with E-state index in [-0.39, 0.29) is 4.90 Å². The zero-order chi connectivity index (χ0) is 20.5. The minimum Gasteiger partial charge on any atom is -0.492 e. The fraction of sp³-hybridized carbons (Fsp3) is 0.429. The normalized spacial score (nSPS) is 15.7. The molecule has 2 aromatic rings. The summed E-state index contributed by atoms with van der Waals surface area (Å²) in [5.74, 6) is 0.363. The van der Waals surface area contributed by atoms with E-state index in [9.17, 15) is 8.42 Å². The average molecular weight is 423 g/mol. The predicted molar refractivity (Wildman–Crippen MR) is 114 cm³/mol. The highest BCUT2D eigenvalue weighted by molar-refractivity contribution is 7.89. The van der Waals surface area contributed by atoms with E-state index < -0.39 is 10.0 Å². The molecule has 1 heterocycles. The molecule has 0 spiro atoms. The predicted octanol–water partition coefficient (Wildman–Crippen LogP) is 4.17. The van der Waals surface area contributed by atoms with Crippen LogP contribution in [0.25, 0.3) is 0 Å². The van der Waals surface area contributed by atoms with E-state index >= 15 is 0 Å². The largest absolute Gasteiger partial charge is 0.492 e. The minimum atomic E-state index is -3.68. The van der Waals surface area contributed by atoms with Crippen molar-refractivity contribution in [2.24, 2.45) is 0 Å². The molecule has 1 fully saturated rings. The van der Waals surface area contributed by atoms with Crippen LogP contribution in [-0.2, 0) is 10.0 Å². The molecule has 7 heteroatoms. The van der Waals surface area contributed by atoms with Crippen molar-refractivity contribution in [3.63, 3.8) is 0 Å². The van der Waals surface area contributed by atoms with Crippen LogP contribution in [0, 0.1) is 20.8 Å². The van der Waals surface area contributed by atoms with Crippen LogP contribution in [-0.4, -0.2) is 45.5 Å². The summed E-state index contributed by atoms with van der Waals surface area (Å²) >= 11 is 6.22. The molecule has 0 amide bonds. The van der Waals surface area contributed by atoms with Gasteiger partial charge in [-0.2, -0.15) is 4.31 Å². The van der Waals surface area contributed by atoms with E-state index in [1.807, 2.05) is 19.9 Å². The Bertz CT molecular complexity index is 948. The number of aryl methyl sites for hydroxylation is 3. The van der Waals surface area contributed by atoms with E-state index in [0.29, 0.717) is 43.6 Å². The maximum atomic E-state index is 13.3. The monoisotopic (exact) mass is 422 g/mol. The van der Waals surface area contributed by atoms with Crippen LogP contribution in [0.15, 0.2) is 35.2 Å². The van der Waals surface area contributed by atoms with Gasteiger partial charge in [0.05, 0.1) is 6.61 Å². The van der Waals surface area contributed by atoms with Crippen LogP contribution in [0.4, 0.5) is 5.69 Å². The molecule has 0 bridgehead atoms. The van der Waals surface area contributed by atoms with Gasteiger partial charge in [0.2, 0.25) is 10.0 Å². The molecule has 152 valence electrons. The number of para-hydroxylation sites is 1. The number of piperazine rings is 1. The van der Waals surface area contributed by atoms with Gasteiger partial charge in [-0.3, -0.25) is 0 Å².